The number of hydrogen-bond acceptors (Lipinski definition) is 4. The maximum absolute atomic E-state index is 11.2. The number of carbonyl (C=O) groups excluding carboxylic acids is 1. The Morgan fingerprint density at radius 3 is 2.86 bits per heavy atom. The second kappa shape index (κ2) is 4.72. The van der Waals surface area contributed by atoms with Gasteiger partial charge in [0, 0.05) is 33.7 Å². The molecule has 1 fully saturated rings. The predicted molar refractivity (Wildman–Crippen MR) is 51.9 cm³/mol. The SMILES string of the molecule is CN(C)C(=O)CNCC1(O)CCOC1. The standard InChI is InChI=1S/C9H18N2O3/c1-11(2)8(12)5-10-6-9(13)3-4-14-7-9/h10,13H,3-7H2,1-2H3. The van der Waals surface area contributed by atoms with Crippen LogP contribution in [0.3, 0.4) is 0 Å². The molecule has 0 aromatic heterocycles. The number of likely N-dealkylation sites (N-methyl/N-ethyl adjacent to an activating group) is 1. The zero-order valence-electron chi connectivity index (χ0n) is 8.75. The van der Waals surface area contributed by atoms with Crippen LogP contribution < -0.4 is 5.32 Å². The van der Waals surface area contributed by atoms with Gasteiger partial charge in [-0.05, 0) is 0 Å². The van der Waals surface area contributed by atoms with E-state index in [1.54, 1.807) is 14.1 Å². The molecule has 1 heterocycles. The summed E-state index contributed by atoms with van der Waals surface area (Å²) in [4.78, 5) is 12.7. The van der Waals surface area contributed by atoms with E-state index in [1.165, 1.54) is 4.90 Å². The lowest BCUT2D eigenvalue weighted by Crippen LogP contribution is -2.44. The number of nitrogens with zero attached hydrogens (tertiary/aromatic N) is 1. The van der Waals surface area contributed by atoms with Gasteiger partial charge in [0.25, 0.3) is 0 Å². The Morgan fingerprint density at radius 1 is 1.64 bits per heavy atom. The summed E-state index contributed by atoms with van der Waals surface area (Å²) in [5.74, 6) is 0.00696. The minimum Gasteiger partial charge on any atom is -0.386 e. The summed E-state index contributed by atoms with van der Waals surface area (Å²) in [5.41, 5.74) is -0.785. The molecule has 0 radical (unpaired) electrons. The van der Waals surface area contributed by atoms with Crippen molar-refractivity contribution in [2.75, 3.05) is 40.4 Å². The van der Waals surface area contributed by atoms with Crippen molar-refractivity contribution in [3.8, 4) is 0 Å². The first-order valence-electron chi connectivity index (χ1n) is 4.74. The number of carbonyl (C=O) groups is 1. The highest BCUT2D eigenvalue weighted by atomic mass is 16.5. The zero-order chi connectivity index (χ0) is 10.6. The molecular formula is C9H18N2O3. The van der Waals surface area contributed by atoms with Gasteiger partial charge in [-0.1, -0.05) is 0 Å². The van der Waals surface area contributed by atoms with Crippen LogP contribution in [0.2, 0.25) is 0 Å². The van der Waals surface area contributed by atoms with Gasteiger partial charge in [0.2, 0.25) is 5.91 Å². The first-order valence-corrected chi connectivity index (χ1v) is 4.74. The molecular weight excluding hydrogens is 184 g/mol. The summed E-state index contributed by atoms with van der Waals surface area (Å²) in [7, 11) is 3.41. The van der Waals surface area contributed by atoms with Gasteiger partial charge in [-0.3, -0.25) is 4.79 Å². The van der Waals surface area contributed by atoms with E-state index in [1.807, 2.05) is 0 Å². The Bertz CT molecular complexity index is 200. The second-order valence-electron chi connectivity index (χ2n) is 3.92. The van der Waals surface area contributed by atoms with Gasteiger partial charge in [-0.25, -0.2) is 0 Å². The Kier molecular flexibility index (Phi) is 3.86. The van der Waals surface area contributed by atoms with Crippen molar-refractivity contribution in [3.63, 3.8) is 0 Å². The Balaban J connectivity index is 2.17. The molecule has 5 heteroatoms. The van der Waals surface area contributed by atoms with Crippen molar-refractivity contribution in [2.45, 2.75) is 12.0 Å². The summed E-state index contributed by atoms with van der Waals surface area (Å²) >= 11 is 0. The topological polar surface area (TPSA) is 61.8 Å². The molecule has 0 aromatic carbocycles. The van der Waals surface area contributed by atoms with Crippen molar-refractivity contribution in [1.29, 1.82) is 0 Å². The maximum Gasteiger partial charge on any atom is 0.236 e. The first kappa shape index (κ1) is 11.4. The normalized spacial score (nSPS) is 26.5. The van der Waals surface area contributed by atoms with Crippen molar-refractivity contribution in [2.24, 2.45) is 0 Å². The Hall–Kier alpha value is -0.650. The van der Waals surface area contributed by atoms with Crippen LogP contribution in [0.15, 0.2) is 0 Å². The maximum atomic E-state index is 11.2. The molecule has 1 atom stereocenters. The Morgan fingerprint density at radius 2 is 2.36 bits per heavy atom. The first-order chi connectivity index (χ1) is 6.53. The fourth-order valence-corrected chi connectivity index (χ4v) is 1.30. The average Bonchev–Trinajstić information content (AvgIpc) is 2.52. The van der Waals surface area contributed by atoms with Gasteiger partial charge in [-0.15, -0.1) is 0 Å². The fourth-order valence-electron chi connectivity index (χ4n) is 1.30. The summed E-state index contributed by atoms with van der Waals surface area (Å²) in [6.45, 7) is 1.62. The summed E-state index contributed by atoms with van der Waals surface area (Å²) in [5, 5.41) is 12.8. The average molecular weight is 202 g/mol. The largest absolute Gasteiger partial charge is 0.386 e. The number of ether oxygens (including phenoxy) is 1. The number of rotatable bonds is 4. The monoisotopic (exact) mass is 202 g/mol. The highest BCUT2D eigenvalue weighted by Crippen LogP contribution is 2.16. The molecule has 0 bridgehead atoms. The van der Waals surface area contributed by atoms with E-state index in [0.29, 0.717) is 26.2 Å². The van der Waals surface area contributed by atoms with Gasteiger partial charge < -0.3 is 20.1 Å². The molecule has 1 amide bonds. The van der Waals surface area contributed by atoms with Crippen LogP contribution >= 0.6 is 0 Å². The molecule has 0 spiro atoms. The van der Waals surface area contributed by atoms with E-state index in [2.05, 4.69) is 5.32 Å². The van der Waals surface area contributed by atoms with Gasteiger partial charge in [0.15, 0.2) is 0 Å². The minimum atomic E-state index is -0.785. The van der Waals surface area contributed by atoms with Gasteiger partial charge >= 0.3 is 0 Å². The lowest BCUT2D eigenvalue weighted by molar-refractivity contribution is -0.127. The molecule has 2 N–H and O–H groups in total. The van der Waals surface area contributed by atoms with E-state index in [-0.39, 0.29) is 12.5 Å². The van der Waals surface area contributed by atoms with Crippen molar-refractivity contribution < 1.29 is 14.6 Å². The molecule has 5 nitrogen and oxygen atoms in total. The summed E-state index contributed by atoms with van der Waals surface area (Å²) in [6.07, 6.45) is 0.635. The molecule has 0 aliphatic carbocycles. The lowest BCUT2D eigenvalue weighted by Gasteiger charge is -2.21. The van der Waals surface area contributed by atoms with E-state index in [4.69, 9.17) is 4.74 Å². The molecule has 1 unspecified atom stereocenters. The van der Waals surface area contributed by atoms with Gasteiger partial charge in [0.1, 0.15) is 5.60 Å². The van der Waals surface area contributed by atoms with Gasteiger partial charge in [-0.2, -0.15) is 0 Å². The molecule has 1 aliphatic heterocycles. The van der Waals surface area contributed by atoms with E-state index in [0.717, 1.165) is 0 Å². The molecule has 0 aromatic rings. The van der Waals surface area contributed by atoms with E-state index in [9.17, 15) is 9.90 Å². The molecule has 14 heavy (non-hydrogen) atoms. The second-order valence-corrected chi connectivity index (χ2v) is 3.92. The number of aliphatic hydroxyl groups is 1. The molecule has 0 saturated carbocycles. The third-order valence-electron chi connectivity index (χ3n) is 2.31. The summed E-state index contributed by atoms with van der Waals surface area (Å²) < 4.78 is 5.08. The number of hydrogen-bond donors (Lipinski definition) is 2. The molecule has 82 valence electrons. The number of amides is 1. The van der Waals surface area contributed by atoms with Crippen LogP contribution in [0.5, 0.6) is 0 Å². The lowest BCUT2D eigenvalue weighted by atomic mass is 10.0. The van der Waals surface area contributed by atoms with E-state index < -0.39 is 5.60 Å². The smallest absolute Gasteiger partial charge is 0.236 e. The third kappa shape index (κ3) is 3.25. The number of nitrogens with one attached hydrogen (secondary N) is 1. The van der Waals surface area contributed by atoms with Crippen LogP contribution in [0.4, 0.5) is 0 Å². The predicted octanol–water partition coefficient (Wildman–Crippen LogP) is -1.18. The minimum absolute atomic E-state index is 0.00696. The van der Waals surface area contributed by atoms with Crippen LogP contribution in [-0.4, -0.2) is 61.9 Å². The molecule has 1 rings (SSSR count). The highest BCUT2D eigenvalue weighted by molar-refractivity contribution is 5.77. The van der Waals surface area contributed by atoms with Crippen molar-refractivity contribution in [3.05, 3.63) is 0 Å². The summed E-state index contributed by atoms with van der Waals surface area (Å²) in [6, 6.07) is 0. The van der Waals surface area contributed by atoms with Crippen molar-refractivity contribution in [1.82, 2.24) is 10.2 Å². The fraction of sp³-hybridized carbons (Fsp3) is 0.889. The van der Waals surface area contributed by atoms with Gasteiger partial charge in [0.05, 0.1) is 13.2 Å². The van der Waals surface area contributed by atoms with Crippen LogP contribution in [0.25, 0.3) is 0 Å². The van der Waals surface area contributed by atoms with E-state index >= 15 is 0 Å². The van der Waals surface area contributed by atoms with Crippen LogP contribution in [0, 0.1) is 0 Å². The Labute approximate surface area is 84.0 Å². The van der Waals surface area contributed by atoms with Crippen LogP contribution in [-0.2, 0) is 9.53 Å². The quantitative estimate of drug-likeness (QED) is 0.602. The molecule has 1 saturated heterocycles. The molecule has 1 aliphatic rings. The third-order valence-corrected chi connectivity index (χ3v) is 2.31. The highest BCUT2D eigenvalue weighted by Gasteiger charge is 2.31. The van der Waals surface area contributed by atoms with Crippen molar-refractivity contribution >= 4 is 5.91 Å². The van der Waals surface area contributed by atoms with Crippen LogP contribution in [0.1, 0.15) is 6.42 Å². The zero-order valence-corrected chi connectivity index (χ0v) is 8.75.